The van der Waals surface area contributed by atoms with Gasteiger partial charge in [-0.1, -0.05) is 48.6 Å². The molecule has 0 aliphatic carbocycles. The number of rotatable bonds is 5. The molecule has 0 aliphatic heterocycles. The molecule has 0 spiro atoms. The number of hydrogen-bond acceptors (Lipinski definition) is 3. The first-order valence-electron chi connectivity index (χ1n) is 5.84. The fourth-order valence-electron chi connectivity index (χ4n) is 1.66. The fourth-order valence-corrected chi connectivity index (χ4v) is 3.78. The van der Waals surface area contributed by atoms with Crippen LogP contribution in [0.1, 0.15) is 6.92 Å². The van der Waals surface area contributed by atoms with Crippen molar-refractivity contribution in [3.8, 4) is 0 Å². The molecular formula is C13H21NO2Si. The van der Waals surface area contributed by atoms with E-state index in [-0.39, 0.29) is 12.0 Å². The summed E-state index contributed by atoms with van der Waals surface area (Å²) in [6.45, 7) is 6.42. The minimum Gasteiger partial charge on any atom is -0.468 e. The lowest BCUT2D eigenvalue weighted by Gasteiger charge is -2.25. The van der Waals surface area contributed by atoms with Gasteiger partial charge < -0.3 is 10.1 Å². The summed E-state index contributed by atoms with van der Waals surface area (Å²) >= 11 is 0. The number of benzene rings is 1. The van der Waals surface area contributed by atoms with Crippen LogP contribution in [-0.2, 0) is 9.53 Å². The first-order valence-corrected chi connectivity index (χ1v) is 9.05. The van der Waals surface area contributed by atoms with E-state index in [4.69, 9.17) is 4.74 Å². The van der Waals surface area contributed by atoms with Gasteiger partial charge in [-0.3, -0.25) is 4.79 Å². The van der Waals surface area contributed by atoms with Crippen LogP contribution < -0.4 is 10.5 Å². The molecule has 0 fully saturated rings. The molecule has 1 atom stereocenters. The maximum atomic E-state index is 11.3. The molecule has 1 aromatic carbocycles. The standard InChI is InChI=1S/C13H21NO2Si/c1-11(13(15)16-2)14-10-17(3,4)12-8-6-5-7-9-12/h5-9,11,14H,10H2,1-4H3/t11-/m0/s1. The highest BCUT2D eigenvalue weighted by atomic mass is 28.3. The Morgan fingerprint density at radius 1 is 1.35 bits per heavy atom. The summed E-state index contributed by atoms with van der Waals surface area (Å²) < 4.78 is 4.70. The third-order valence-corrected chi connectivity index (χ3v) is 5.94. The van der Waals surface area contributed by atoms with Crippen molar-refractivity contribution >= 4 is 19.2 Å². The van der Waals surface area contributed by atoms with E-state index in [1.807, 2.05) is 13.0 Å². The van der Waals surface area contributed by atoms with Crippen molar-refractivity contribution in [1.82, 2.24) is 5.32 Å². The Morgan fingerprint density at radius 2 is 1.94 bits per heavy atom. The third kappa shape index (κ3) is 3.98. The number of carbonyl (C=O) groups excluding carboxylic acids is 1. The van der Waals surface area contributed by atoms with E-state index >= 15 is 0 Å². The van der Waals surface area contributed by atoms with Crippen molar-refractivity contribution in [2.45, 2.75) is 26.1 Å². The highest BCUT2D eigenvalue weighted by molar-refractivity contribution is 6.90. The van der Waals surface area contributed by atoms with E-state index in [9.17, 15) is 4.79 Å². The van der Waals surface area contributed by atoms with E-state index in [0.717, 1.165) is 6.17 Å². The number of esters is 1. The van der Waals surface area contributed by atoms with Crippen LogP contribution in [0.25, 0.3) is 0 Å². The summed E-state index contributed by atoms with van der Waals surface area (Å²) in [6, 6.07) is 10.2. The lowest BCUT2D eigenvalue weighted by molar-refractivity contribution is -0.142. The summed E-state index contributed by atoms with van der Waals surface area (Å²) in [5, 5.41) is 4.65. The maximum Gasteiger partial charge on any atom is 0.322 e. The molecule has 0 amide bonds. The fraction of sp³-hybridized carbons (Fsp3) is 0.462. The normalized spacial score (nSPS) is 13.2. The Balaban J connectivity index is 2.59. The van der Waals surface area contributed by atoms with Crippen molar-refractivity contribution in [2.24, 2.45) is 0 Å². The molecule has 17 heavy (non-hydrogen) atoms. The lowest BCUT2D eigenvalue weighted by Crippen LogP contribution is -2.53. The first kappa shape index (κ1) is 13.9. The molecular weight excluding hydrogens is 230 g/mol. The zero-order chi connectivity index (χ0) is 12.9. The Bertz CT molecular complexity index is 365. The summed E-state index contributed by atoms with van der Waals surface area (Å²) in [4.78, 5) is 11.3. The average molecular weight is 251 g/mol. The number of ether oxygens (including phenoxy) is 1. The maximum absolute atomic E-state index is 11.3. The highest BCUT2D eigenvalue weighted by Crippen LogP contribution is 2.02. The van der Waals surface area contributed by atoms with Gasteiger partial charge in [0.05, 0.1) is 15.2 Å². The molecule has 0 aromatic heterocycles. The van der Waals surface area contributed by atoms with Gasteiger partial charge in [0.1, 0.15) is 6.04 Å². The van der Waals surface area contributed by atoms with E-state index in [1.165, 1.54) is 12.3 Å². The quantitative estimate of drug-likeness (QED) is 0.633. The van der Waals surface area contributed by atoms with E-state index < -0.39 is 8.07 Å². The summed E-state index contributed by atoms with van der Waals surface area (Å²) in [5.41, 5.74) is 0. The summed E-state index contributed by atoms with van der Waals surface area (Å²) in [7, 11) is -0.103. The smallest absolute Gasteiger partial charge is 0.322 e. The van der Waals surface area contributed by atoms with Gasteiger partial charge in [-0.05, 0) is 13.1 Å². The number of hydrogen-bond donors (Lipinski definition) is 1. The van der Waals surface area contributed by atoms with Crippen LogP contribution in [0, 0.1) is 0 Å². The van der Waals surface area contributed by atoms with Crippen LogP contribution in [0.2, 0.25) is 13.1 Å². The van der Waals surface area contributed by atoms with Crippen molar-refractivity contribution in [1.29, 1.82) is 0 Å². The van der Waals surface area contributed by atoms with Crippen LogP contribution >= 0.6 is 0 Å². The summed E-state index contributed by atoms with van der Waals surface area (Å²) in [5.74, 6) is -0.206. The molecule has 0 radical (unpaired) electrons. The number of methoxy groups -OCH3 is 1. The Hall–Kier alpha value is -1.13. The van der Waals surface area contributed by atoms with Gasteiger partial charge in [-0.25, -0.2) is 0 Å². The van der Waals surface area contributed by atoms with E-state index in [1.54, 1.807) is 0 Å². The zero-order valence-electron chi connectivity index (χ0n) is 11.0. The van der Waals surface area contributed by atoms with Crippen LogP contribution in [0.3, 0.4) is 0 Å². The molecule has 4 heteroatoms. The topological polar surface area (TPSA) is 38.3 Å². The molecule has 0 saturated carbocycles. The second-order valence-corrected chi connectivity index (χ2v) is 9.57. The third-order valence-electron chi connectivity index (χ3n) is 2.96. The van der Waals surface area contributed by atoms with Crippen LogP contribution in [-0.4, -0.2) is 33.4 Å². The van der Waals surface area contributed by atoms with Gasteiger partial charge in [-0.15, -0.1) is 0 Å². The molecule has 1 rings (SSSR count). The van der Waals surface area contributed by atoms with Gasteiger partial charge in [0.2, 0.25) is 0 Å². The van der Waals surface area contributed by atoms with E-state index in [0.29, 0.717) is 0 Å². The molecule has 94 valence electrons. The summed E-state index contributed by atoms with van der Waals surface area (Å²) in [6.07, 6.45) is 0.868. The van der Waals surface area contributed by atoms with Gasteiger partial charge in [-0.2, -0.15) is 0 Å². The molecule has 3 nitrogen and oxygen atoms in total. The van der Waals surface area contributed by atoms with Gasteiger partial charge in [0.15, 0.2) is 0 Å². The average Bonchev–Trinajstić information content (AvgIpc) is 2.36. The predicted molar refractivity (Wildman–Crippen MR) is 73.0 cm³/mol. The van der Waals surface area contributed by atoms with Crippen LogP contribution in [0.15, 0.2) is 30.3 Å². The minimum absolute atomic E-state index is 0.206. The van der Waals surface area contributed by atoms with Gasteiger partial charge in [0, 0.05) is 0 Å². The van der Waals surface area contributed by atoms with Crippen LogP contribution in [0.5, 0.6) is 0 Å². The second kappa shape index (κ2) is 5.98. The zero-order valence-corrected chi connectivity index (χ0v) is 12.0. The first-order chi connectivity index (χ1) is 7.97. The Labute approximate surface area is 104 Å². The van der Waals surface area contributed by atoms with E-state index in [2.05, 4.69) is 42.7 Å². The van der Waals surface area contributed by atoms with Crippen molar-refractivity contribution < 1.29 is 9.53 Å². The minimum atomic E-state index is -1.52. The molecule has 0 aliphatic rings. The van der Waals surface area contributed by atoms with Crippen molar-refractivity contribution in [3.05, 3.63) is 30.3 Å². The Morgan fingerprint density at radius 3 is 2.47 bits per heavy atom. The van der Waals surface area contributed by atoms with Gasteiger partial charge >= 0.3 is 5.97 Å². The monoisotopic (exact) mass is 251 g/mol. The molecule has 0 bridgehead atoms. The van der Waals surface area contributed by atoms with Crippen molar-refractivity contribution in [3.63, 3.8) is 0 Å². The number of carbonyl (C=O) groups is 1. The Kier molecular flexibility index (Phi) is 4.90. The molecule has 1 N–H and O–H groups in total. The largest absolute Gasteiger partial charge is 0.468 e. The lowest BCUT2D eigenvalue weighted by atomic mass is 10.4. The van der Waals surface area contributed by atoms with Crippen molar-refractivity contribution in [2.75, 3.05) is 13.3 Å². The SMILES string of the molecule is COC(=O)[C@H](C)NC[Si](C)(C)c1ccccc1. The molecule has 0 heterocycles. The van der Waals surface area contributed by atoms with Crippen LogP contribution in [0.4, 0.5) is 0 Å². The predicted octanol–water partition coefficient (Wildman–Crippen LogP) is 1.29. The molecule has 0 unspecified atom stereocenters. The molecule has 0 saturated heterocycles. The van der Waals surface area contributed by atoms with Gasteiger partial charge in [0.25, 0.3) is 0 Å². The highest BCUT2D eigenvalue weighted by Gasteiger charge is 2.24. The number of nitrogens with one attached hydrogen (secondary N) is 1. The molecule has 1 aromatic rings. The second-order valence-electron chi connectivity index (χ2n) is 4.88.